The van der Waals surface area contributed by atoms with Crippen LogP contribution in [0.1, 0.15) is 62.6 Å². The highest BCUT2D eigenvalue weighted by Gasteiger charge is 2.29. The van der Waals surface area contributed by atoms with Crippen LogP contribution in [0.5, 0.6) is 11.5 Å². The topological polar surface area (TPSA) is 38.7 Å². The van der Waals surface area contributed by atoms with Gasteiger partial charge >= 0.3 is 0 Å². The molecule has 2 rings (SSSR count). The monoisotopic (exact) mass is 454 g/mol. The summed E-state index contributed by atoms with van der Waals surface area (Å²) in [6, 6.07) is 18.0. The molecule has 3 nitrogen and oxygen atoms in total. The third kappa shape index (κ3) is 8.83. The van der Waals surface area contributed by atoms with Gasteiger partial charge in [0.1, 0.15) is 11.5 Å². The Balaban J connectivity index is 1.67. The molecule has 0 saturated carbocycles. The van der Waals surface area contributed by atoms with Crippen LogP contribution in [0.4, 0.5) is 0 Å². The summed E-state index contributed by atoms with van der Waals surface area (Å²) >= 11 is 0. The highest BCUT2D eigenvalue weighted by Crippen LogP contribution is 2.26. The van der Waals surface area contributed by atoms with Gasteiger partial charge in [0.05, 0.1) is 7.11 Å². The summed E-state index contributed by atoms with van der Waals surface area (Å²) < 4.78 is 11.8. The van der Waals surface area contributed by atoms with E-state index in [1.807, 2.05) is 12.1 Å². The summed E-state index contributed by atoms with van der Waals surface area (Å²) in [5.41, 5.74) is 3.58. The molecule has 0 aliphatic heterocycles. The first-order chi connectivity index (χ1) is 15.5. The minimum absolute atomic E-state index is 0.287. The van der Waals surface area contributed by atoms with Crippen LogP contribution in [0.3, 0.4) is 0 Å². The Labute approximate surface area is 196 Å². The number of hydrogen-bond donors (Lipinski definition) is 1. The zero-order valence-electron chi connectivity index (χ0n) is 20.5. The first-order valence-electron chi connectivity index (χ1n) is 12.2. The van der Waals surface area contributed by atoms with E-state index in [4.69, 9.17) is 9.16 Å². The number of phenolic OH excluding ortho intramolecular Hbond substituents is 1. The molecule has 0 unspecified atom stereocenters. The minimum atomic E-state index is -1.59. The highest BCUT2D eigenvalue weighted by atomic mass is 28.4. The van der Waals surface area contributed by atoms with Gasteiger partial charge in [-0.05, 0) is 80.9 Å². The molecule has 176 valence electrons. The van der Waals surface area contributed by atoms with E-state index in [1.54, 1.807) is 19.2 Å². The van der Waals surface area contributed by atoms with E-state index in [1.165, 1.54) is 48.5 Å². The number of unbranched alkanes of at least 4 members (excludes halogenated alkanes) is 3. The third-order valence-corrected chi connectivity index (χ3v) is 11.1. The lowest BCUT2D eigenvalue weighted by molar-refractivity contribution is 0.288. The molecule has 1 N–H and O–H groups in total. The molecule has 2 aromatic carbocycles. The van der Waals surface area contributed by atoms with Crippen LogP contribution in [-0.4, -0.2) is 27.1 Å². The molecule has 0 radical (unpaired) electrons. The van der Waals surface area contributed by atoms with Gasteiger partial charge in [-0.15, -0.1) is 0 Å². The van der Waals surface area contributed by atoms with Crippen LogP contribution in [0.25, 0.3) is 6.08 Å². The highest BCUT2D eigenvalue weighted by molar-refractivity contribution is 6.73. The van der Waals surface area contributed by atoms with E-state index < -0.39 is 8.32 Å². The SMILES string of the molecule is CC[Si](CC)(CCCCc1ccc(C)cc1)OCCCC/C=C/c1cc(OC)ccc1O. The van der Waals surface area contributed by atoms with Gasteiger partial charge < -0.3 is 14.3 Å². The van der Waals surface area contributed by atoms with Crippen molar-refractivity contribution < 1.29 is 14.3 Å². The summed E-state index contributed by atoms with van der Waals surface area (Å²) in [5, 5.41) is 9.96. The molecule has 0 aromatic heterocycles. The number of rotatable bonds is 15. The van der Waals surface area contributed by atoms with Crippen molar-refractivity contribution in [1.82, 2.24) is 0 Å². The fourth-order valence-corrected chi connectivity index (χ4v) is 7.30. The van der Waals surface area contributed by atoms with Crippen LogP contribution in [0.2, 0.25) is 18.1 Å². The Morgan fingerprint density at radius 1 is 0.938 bits per heavy atom. The van der Waals surface area contributed by atoms with Gasteiger partial charge in [0, 0.05) is 12.2 Å². The van der Waals surface area contributed by atoms with Crippen molar-refractivity contribution in [3.63, 3.8) is 0 Å². The Bertz CT molecular complexity index is 810. The molecule has 32 heavy (non-hydrogen) atoms. The molecule has 0 amide bonds. The lowest BCUT2D eigenvalue weighted by Crippen LogP contribution is -2.37. The maximum atomic E-state index is 9.96. The standard InChI is InChI=1S/C28H42O3Si/c1-5-32(6-2,22-12-10-13-25-17-15-24(3)16-18-25)31-21-11-8-7-9-14-26-23-27(30-4)19-20-28(26)29/h9,14-20,23,29H,5-8,10-13,21-22H2,1-4H3/b14-9+. The molecule has 0 spiro atoms. The van der Waals surface area contributed by atoms with E-state index in [0.717, 1.165) is 37.2 Å². The smallest absolute Gasteiger partial charge is 0.192 e. The molecule has 0 saturated heterocycles. The second kappa shape index (κ2) is 14.2. The van der Waals surface area contributed by atoms with E-state index in [0.29, 0.717) is 0 Å². The average Bonchev–Trinajstić information content (AvgIpc) is 2.82. The van der Waals surface area contributed by atoms with Crippen molar-refractivity contribution in [3.8, 4) is 11.5 Å². The zero-order valence-corrected chi connectivity index (χ0v) is 21.5. The fourth-order valence-electron chi connectivity index (χ4n) is 4.07. The first kappa shape index (κ1) is 26.2. The Kier molecular flexibility index (Phi) is 11.6. The number of ether oxygens (including phenoxy) is 1. The normalized spacial score (nSPS) is 11.9. The fraction of sp³-hybridized carbons (Fsp3) is 0.500. The summed E-state index contributed by atoms with van der Waals surface area (Å²) in [7, 11) is 0.0441. The molecule has 0 fully saturated rings. The number of phenols is 1. The second-order valence-corrected chi connectivity index (χ2v) is 13.3. The van der Waals surface area contributed by atoms with Crippen molar-refractivity contribution in [2.75, 3.05) is 13.7 Å². The molecule has 0 aliphatic rings. The van der Waals surface area contributed by atoms with Crippen LogP contribution in [0, 0.1) is 6.92 Å². The lowest BCUT2D eigenvalue weighted by atomic mass is 10.1. The van der Waals surface area contributed by atoms with E-state index in [-0.39, 0.29) is 5.75 Å². The molecular weight excluding hydrogens is 412 g/mol. The summed E-state index contributed by atoms with van der Waals surface area (Å²) in [6.45, 7) is 7.66. The molecule has 0 heterocycles. The summed E-state index contributed by atoms with van der Waals surface area (Å²) in [5.74, 6) is 1.05. The Morgan fingerprint density at radius 2 is 1.69 bits per heavy atom. The van der Waals surface area contributed by atoms with Crippen LogP contribution < -0.4 is 4.74 Å². The molecule has 0 atom stereocenters. The van der Waals surface area contributed by atoms with E-state index in [2.05, 4.69) is 51.1 Å². The van der Waals surface area contributed by atoms with E-state index in [9.17, 15) is 5.11 Å². The quantitative estimate of drug-likeness (QED) is 0.219. The maximum absolute atomic E-state index is 9.96. The van der Waals surface area contributed by atoms with E-state index >= 15 is 0 Å². The van der Waals surface area contributed by atoms with Crippen LogP contribution in [-0.2, 0) is 10.8 Å². The van der Waals surface area contributed by atoms with Crippen molar-refractivity contribution >= 4 is 14.4 Å². The van der Waals surface area contributed by atoms with Gasteiger partial charge in [-0.2, -0.15) is 0 Å². The van der Waals surface area contributed by atoms with Crippen molar-refractivity contribution in [3.05, 3.63) is 65.2 Å². The van der Waals surface area contributed by atoms with Gasteiger partial charge in [-0.1, -0.05) is 62.2 Å². The van der Waals surface area contributed by atoms with Gasteiger partial charge in [-0.3, -0.25) is 0 Å². The van der Waals surface area contributed by atoms with Gasteiger partial charge in [-0.25, -0.2) is 0 Å². The number of aryl methyl sites for hydroxylation is 2. The Morgan fingerprint density at radius 3 is 2.38 bits per heavy atom. The zero-order chi connectivity index (χ0) is 23.2. The second-order valence-electron chi connectivity index (χ2n) is 8.75. The van der Waals surface area contributed by atoms with Crippen LogP contribution >= 0.6 is 0 Å². The summed E-state index contributed by atoms with van der Waals surface area (Å²) in [4.78, 5) is 0. The minimum Gasteiger partial charge on any atom is -0.507 e. The lowest BCUT2D eigenvalue weighted by Gasteiger charge is -2.29. The molecule has 4 heteroatoms. The number of methoxy groups -OCH3 is 1. The average molecular weight is 455 g/mol. The first-order valence-corrected chi connectivity index (χ1v) is 14.8. The predicted molar refractivity (Wildman–Crippen MR) is 139 cm³/mol. The van der Waals surface area contributed by atoms with Crippen molar-refractivity contribution in [1.29, 1.82) is 0 Å². The molecular formula is C28H42O3Si. The Hall–Kier alpha value is -2.04. The van der Waals surface area contributed by atoms with Crippen molar-refractivity contribution in [2.45, 2.75) is 77.4 Å². The third-order valence-electron chi connectivity index (χ3n) is 6.46. The van der Waals surface area contributed by atoms with Crippen LogP contribution in [0.15, 0.2) is 48.5 Å². The predicted octanol–water partition coefficient (Wildman–Crippen LogP) is 7.92. The molecule has 2 aromatic rings. The summed E-state index contributed by atoms with van der Waals surface area (Å²) in [6.07, 6.45) is 11.0. The molecule has 0 bridgehead atoms. The number of allylic oxidation sites excluding steroid dienone is 1. The van der Waals surface area contributed by atoms with Gasteiger partial charge in [0.15, 0.2) is 8.32 Å². The molecule has 0 aliphatic carbocycles. The number of hydrogen-bond acceptors (Lipinski definition) is 3. The number of benzene rings is 2. The largest absolute Gasteiger partial charge is 0.507 e. The van der Waals surface area contributed by atoms with Crippen molar-refractivity contribution in [2.24, 2.45) is 0 Å². The van der Waals surface area contributed by atoms with Gasteiger partial charge in [0.25, 0.3) is 0 Å². The van der Waals surface area contributed by atoms with Gasteiger partial charge in [0.2, 0.25) is 0 Å². The maximum Gasteiger partial charge on any atom is 0.192 e. The number of aromatic hydroxyl groups is 1.